The molecule has 7 nitrogen and oxygen atoms in total. The molecule has 0 aliphatic carbocycles. The first-order chi connectivity index (χ1) is 9.53. The highest BCUT2D eigenvalue weighted by Crippen LogP contribution is 2.17. The average Bonchev–Trinajstić information content (AvgIpc) is 2.80. The molecule has 0 unspecified atom stereocenters. The number of hydrogen-bond donors (Lipinski definition) is 1. The van der Waals surface area contributed by atoms with Gasteiger partial charge in [0, 0.05) is 19.3 Å². The first-order valence-electron chi connectivity index (χ1n) is 6.76. The van der Waals surface area contributed by atoms with Crippen LogP contribution in [0.5, 0.6) is 0 Å². The topological polar surface area (TPSA) is 76.3 Å². The summed E-state index contributed by atoms with van der Waals surface area (Å²) in [6.45, 7) is 6.90. The van der Waals surface area contributed by atoms with Crippen LogP contribution in [0.1, 0.15) is 13.8 Å². The largest absolute Gasteiger partial charge is 0.389 e. The van der Waals surface area contributed by atoms with Crippen LogP contribution in [0.4, 0.5) is 5.95 Å². The van der Waals surface area contributed by atoms with Gasteiger partial charge in [-0.2, -0.15) is 10.1 Å². The molecule has 0 amide bonds. The van der Waals surface area contributed by atoms with Gasteiger partial charge in [0.1, 0.15) is 0 Å². The van der Waals surface area contributed by atoms with Gasteiger partial charge >= 0.3 is 0 Å². The highest BCUT2D eigenvalue weighted by molar-refractivity contribution is 5.74. The Hall–Kier alpha value is -1.73. The number of aliphatic hydroxyl groups is 1. The average molecular weight is 277 g/mol. The fourth-order valence-electron chi connectivity index (χ4n) is 2.26. The van der Waals surface area contributed by atoms with Crippen LogP contribution >= 0.6 is 0 Å². The van der Waals surface area contributed by atoms with Crippen molar-refractivity contribution in [2.75, 3.05) is 31.2 Å². The van der Waals surface area contributed by atoms with E-state index in [4.69, 9.17) is 4.74 Å². The van der Waals surface area contributed by atoms with Crippen molar-refractivity contribution < 1.29 is 9.84 Å². The minimum Gasteiger partial charge on any atom is -0.389 e. The molecule has 1 aliphatic heterocycles. The summed E-state index contributed by atoms with van der Waals surface area (Å²) in [6.07, 6.45) is 3.51. The van der Waals surface area contributed by atoms with Crippen molar-refractivity contribution in [3.63, 3.8) is 0 Å². The second kappa shape index (κ2) is 4.99. The van der Waals surface area contributed by atoms with Gasteiger partial charge in [0.05, 0.1) is 36.9 Å². The smallest absolute Gasteiger partial charge is 0.227 e. The molecular formula is C13H19N5O2. The van der Waals surface area contributed by atoms with Crippen molar-refractivity contribution in [2.45, 2.75) is 26.0 Å². The number of morpholine rings is 1. The van der Waals surface area contributed by atoms with Gasteiger partial charge < -0.3 is 14.7 Å². The van der Waals surface area contributed by atoms with Crippen molar-refractivity contribution in [3.05, 3.63) is 12.4 Å². The summed E-state index contributed by atoms with van der Waals surface area (Å²) in [4.78, 5) is 11.1. The Morgan fingerprint density at radius 2 is 2.05 bits per heavy atom. The Labute approximate surface area is 117 Å². The minimum atomic E-state index is -0.830. The lowest BCUT2D eigenvalue weighted by Gasteiger charge is -2.26. The molecule has 0 spiro atoms. The Morgan fingerprint density at radius 1 is 1.30 bits per heavy atom. The summed E-state index contributed by atoms with van der Waals surface area (Å²) in [7, 11) is 0. The zero-order valence-corrected chi connectivity index (χ0v) is 11.8. The Balaban J connectivity index is 1.94. The molecule has 0 bridgehead atoms. The van der Waals surface area contributed by atoms with Crippen LogP contribution in [-0.2, 0) is 11.3 Å². The number of hydrogen-bond acceptors (Lipinski definition) is 6. The highest BCUT2D eigenvalue weighted by atomic mass is 16.5. The number of ether oxygens (including phenoxy) is 1. The van der Waals surface area contributed by atoms with Gasteiger partial charge in [0.15, 0.2) is 5.65 Å². The van der Waals surface area contributed by atoms with E-state index in [1.54, 1.807) is 30.9 Å². The molecule has 108 valence electrons. The number of rotatable bonds is 3. The molecule has 0 atom stereocenters. The van der Waals surface area contributed by atoms with Gasteiger partial charge in [-0.3, -0.25) is 0 Å². The van der Waals surface area contributed by atoms with E-state index in [9.17, 15) is 5.11 Å². The quantitative estimate of drug-likeness (QED) is 0.877. The third-order valence-electron chi connectivity index (χ3n) is 3.19. The van der Waals surface area contributed by atoms with E-state index in [1.807, 2.05) is 0 Å². The lowest BCUT2D eigenvalue weighted by molar-refractivity contribution is 0.0589. The van der Waals surface area contributed by atoms with Crippen LogP contribution in [0.3, 0.4) is 0 Å². The number of nitrogens with zero attached hydrogens (tertiary/aromatic N) is 5. The molecule has 2 aromatic heterocycles. The van der Waals surface area contributed by atoms with Crippen LogP contribution in [0.15, 0.2) is 12.4 Å². The van der Waals surface area contributed by atoms with Crippen molar-refractivity contribution in [2.24, 2.45) is 0 Å². The Kier molecular flexibility index (Phi) is 3.31. The third kappa shape index (κ3) is 2.73. The second-order valence-electron chi connectivity index (χ2n) is 5.66. The van der Waals surface area contributed by atoms with E-state index < -0.39 is 5.60 Å². The molecular weight excluding hydrogens is 258 g/mol. The van der Waals surface area contributed by atoms with E-state index >= 15 is 0 Å². The number of aromatic nitrogens is 4. The fraction of sp³-hybridized carbons (Fsp3) is 0.615. The fourth-order valence-corrected chi connectivity index (χ4v) is 2.26. The minimum absolute atomic E-state index is 0.399. The molecule has 0 radical (unpaired) electrons. The maximum atomic E-state index is 9.94. The maximum absolute atomic E-state index is 9.94. The molecule has 1 saturated heterocycles. The summed E-state index contributed by atoms with van der Waals surface area (Å²) in [5, 5.41) is 15.1. The monoisotopic (exact) mass is 277 g/mol. The second-order valence-corrected chi connectivity index (χ2v) is 5.66. The Bertz CT molecular complexity index is 598. The van der Waals surface area contributed by atoms with Crippen LogP contribution < -0.4 is 4.90 Å². The molecule has 1 N–H and O–H groups in total. The molecule has 3 heterocycles. The van der Waals surface area contributed by atoms with Gasteiger partial charge in [-0.05, 0) is 13.8 Å². The van der Waals surface area contributed by atoms with Gasteiger partial charge in [-0.15, -0.1) is 0 Å². The zero-order valence-electron chi connectivity index (χ0n) is 11.8. The summed E-state index contributed by atoms with van der Waals surface area (Å²) >= 11 is 0. The van der Waals surface area contributed by atoms with Crippen LogP contribution in [0.25, 0.3) is 11.0 Å². The van der Waals surface area contributed by atoms with Gasteiger partial charge in [-0.1, -0.05) is 0 Å². The number of anilines is 1. The lowest BCUT2D eigenvalue weighted by Crippen LogP contribution is -2.37. The maximum Gasteiger partial charge on any atom is 0.227 e. The van der Waals surface area contributed by atoms with E-state index in [0.29, 0.717) is 25.7 Å². The first kappa shape index (κ1) is 13.3. The van der Waals surface area contributed by atoms with Crippen molar-refractivity contribution in [3.8, 4) is 0 Å². The van der Waals surface area contributed by atoms with E-state index in [1.165, 1.54) is 0 Å². The lowest BCUT2D eigenvalue weighted by atomic mass is 10.1. The molecule has 0 aromatic carbocycles. The van der Waals surface area contributed by atoms with Crippen molar-refractivity contribution >= 4 is 17.0 Å². The summed E-state index contributed by atoms with van der Waals surface area (Å²) < 4.78 is 7.06. The van der Waals surface area contributed by atoms with Gasteiger partial charge in [-0.25, -0.2) is 9.67 Å². The van der Waals surface area contributed by atoms with Crippen LogP contribution in [0, 0.1) is 0 Å². The molecule has 1 fully saturated rings. The van der Waals surface area contributed by atoms with Crippen LogP contribution in [-0.4, -0.2) is 56.8 Å². The predicted octanol–water partition coefficient (Wildman–Crippen LogP) is 0.434. The normalized spacial score (nSPS) is 16.9. The Morgan fingerprint density at radius 3 is 2.75 bits per heavy atom. The van der Waals surface area contributed by atoms with Gasteiger partial charge in [0.25, 0.3) is 0 Å². The number of fused-ring (bicyclic) bond motifs is 1. The van der Waals surface area contributed by atoms with Gasteiger partial charge in [0.2, 0.25) is 5.95 Å². The van der Waals surface area contributed by atoms with E-state index in [-0.39, 0.29) is 0 Å². The molecule has 0 saturated carbocycles. The third-order valence-corrected chi connectivity index (χ3v) is 3.19. The van der Waals surface area contributed by atoms with E-state index in [2.05, 4.69) is 20.0 Å². The van der Waals surface area contributed by atoms with E-state index in [0.717, 1.165) is 24.1 Å². The zero-order chi connectivity index (χ0) is 14.2. The molecule has 2 aromatic rings. The summed E-state index contributed by atoms with van der Waals surface area (Å²) in [5.41, 5.74) is -0.0770. The first-order valence-corrected chi connectivity index (χ1v) is 6.76. The van der Waals surface area contributed by atoms with Crippen molar-refractivity contribution in [1.29, 1.82) is 0 Å². The summed E-state index contributed by atoms with van der Waals surface area (Å²) in [5.74, 6) is 0.693. The summed E-state index contributed by atoms with van der Waals surface area (Å²) in [6, 6.07) is 0. The van der Waals surface area contributed by atoms with Crippen LogP contribution in [0.2, 0.25) is 0 Å². The predicted molar refractivity (Wildman–Crippen MR) is 74.7 cm³/mol. The highest BCUT2D eigenvalue weighted by Gasteiger charge is 2.19. The standard InChI is InChI=1S/C13H19N5O2/c1-13(2,19)9-18-11-10(8-15-18)7-14-12(16-11)17-3-5-20-6-4-17/h7-8,19H,3-6,9H2,1-2H3. The molecule has 20 heavy (non-hydrogen) atoms. The molecule has 7 heteroatoms. The van der Waals surface area contributed by atoms with Crippen molar-refractivity contribution in [1.82, 2.24) is 19.7 Å². The SMILES string of the molecule is CC(C)(O)Cn1ncc2cnc(N3CCOCC3)nc21. The molecule has 3 rings (SSSR count). The molecule has 1 aliphatic rings.